The fourth-order valence-corrected chi connectivity index (χ4v) is 2.03. The molecule has 0 unspecified atom stereocenters. The highest BCUT2D eigenvalue weighted by molar-refractivity contribution is 5.96. The molecule has 0 aliphatic heterocycles. The predicted octanol–water partition coefficient (Wildman–Crippen LogP) is 0.969. The van der Waals surface area contributed by atoms with Gasteiger partial charge in [-0.2, -0.15) is 5.10 Å². The lowest BCUT2D eigenvalue weighted by molar-refractivity contribution is 0.0950. The van der Waals surface area contributed by atoms with E-state index in [0.29, 0.717) is 17.7 Å². The molecule has 0 saturated carbocycles. The Morgan fingerprint density at radius 3 is 2.86 bits per heavy atom. The highest BCUT2D eigenvalue weighted by Crippen LogP contribution is 2.09. The van der Waals surface area contributed by atoms with E-state index >= 15 is 0 Å². The quantitative estimate of drug-likeness (QED) is 0.824. The summed E-state index contributed by atoms with van der Waals surface area (Å²) in [7, 11) is 1.86. The van der Waals surface area contributed by atoms with Crippen molar-refractivity contribution >= 4 is 5.91 Å². The summed E-state index contributed by atoms with van der Waals surface area (Å²) in [6, 6.07) is 7.24. The third-order valence-corrected chi connectivity index (χ3v) is 3.05. The Morgan fingerprint density at radius 1 is 1.43 bits per heavy atom. The zero-order valence-electron chi connectivity index (χ0n) is 12.2. The summed E-state index contributed by atoms with van der Waals surface area (Å²) in [4.78, 5) is 12.3. The highest BCUT2D eigenvalue weighted by atomic mass is 16.1. The van der Waals surface area contributed by atoms with Crippen LogP contribution in [0.4, 0.5) is 0 Å². The normalized spacial score (nSPS) is 9.86. The standard InChI is InChI=1S/C16H18N4O/c1-12-14(11-20(2)19-12)10-18-16(21)15-8-4-3-6-13(15)7-5-9-17/h3-4,6,8,11H,9-10,17H2,1-2H3,(H,18,21). The molecule has 2 aromatic rings. The molecule has 0 fully saturated rings. The van der Waals surface area contributed by atoms with E-state index in [4.69, 9.17) is 5.73 Å². The topological polar surface area (TPSA) is 72.9 Å². The van der Waals surface area contributed by atoms with Crippen molar-refractivity contribution in [3.05, 3.63) is 52.8 Å². The number of aromatic nitrogens is 2. The zero-order chi connectivity index (χ0) is 15.2. The Balaban J connectivity index is 2.12. The summed E-state index contributed by atoms with van der Waals surface area (Å²) in [5, 5.41) is 7.14. The molecule has 1 aromatic heterocycles. The minimum absolute atomic E-state index is 0.153. The van der Waals surface area contributed by atoms with Crippen molar-refractivity contribution in [1.82, 2.24) is 15.1 Å². The summed E-state index contributed by atoms with van der Waals surface area (Å²) < 4.78 is 1.73. The third kappa shape index (κ3) is 3.71. The minimum Gasteiger partial charge on any atom is -0.348 e. The van der Waals surface area contributed by atoms with Crippen LogP contribution in [0.1, 0.15) is 27.2 Å². The number of hydrogen-bond donors (Lipinski definition) is 2. The van der Waals surface area contributed by atoms with E-state index in [9.17, 15) is 4.79 Å². The smallest absolute Gasteiger partial charge is 0.252 e. The first kappa shape index (κ1) is 14.8. The Labute approximate surface area is 124 Å². The van der Waals surface area contributed by atoms with Crippen molar-refractivity contribution in [1.29, 1.82) is 0 Å². The van der Waals surface area contributed by atoms with Gasteiger partial charge in [0.15, 0.2) is 0 Å². The molecule has 0 radical (unpaired) electrons. The molecule has 0 atom stereocenters. The number of carbonyl (C=O) groups excluding carboxylic acids is 1. The van der Waals surface area contributed by atoms with E-state index in [0.717, 1.165) is 11.3 Å². The predicted molar refractivity (Wildman–Crippen MR) is 81.5 cm³/mol. The van der Waals surface area contributed by atoms with Crippen LogP contribution in [0.3, 0.4) is 0 Å². The molecule has 0 saturated heterocycles. The van der Waals surface area contributed by atoms with Gasteiger partial charge >= 0.3 is 0 Å². The summed E-state index contributed by atoms with van der Waals surface area (Å²) in [5.74, 6) is 5.53. The summed E-state index contributed by atoms with van der Waals surface area (Å²) in [6.07, 6.45) is 1.90. The van der Waals surface area contributed by atoms with E-state index in [1.165, 1.54) is 0 Å². The van der Waals surface area contributed by atoms with Gasteiger partial charge in [-0.25, -0.2) is 0 Å². The molecule has 21 heavy (non-hydrogen) atoms. The second-order valence-corrected chi connectivity index (χ2v) is 4.65. The van der Waals surface area contributed by atoms with Crippen molar-refractivity contribution in [2.24, 2.45) is 12.8 Å². The van der Waals surface area contributed by atoms with Gasteiger partial charge in [-0.15, -0.1) is 0 Å². The Hall–Kier alpha value is -2.58. The van der Waals surface area contributed by atoms with Crippen molar-refractivity contribution in [2.45, 2.75) is 13.5 Å². The van der Waals surface area contributed by atoms with E-state index in [1.54, 1.807) is 10.7 Å². The maximum atomic E-state index is 12.3. The van der Waals surface area contributed by atoms with E-state index in [-0.39, 0.29) is 12.5 Å². The SMILES string of the molecule is Cc1nn(C)cc1CNC(=O)c1ccccc1C#CCN. The molecule has 108 valence electrons. The van der Waals surface area contributed by atoms with Gasteiger partial charge < -0.3 is 11.1 Å². The maximum Gasteiger partial charge on any atom is 0.252 e. The van der Waals surface area contributed by atoms with Gasteiger partial charge in [-0.05, 0) is 19.1 Å². The molecular formula is C16H18N4O. The van der Waals surface area contributed by atoms with Crippen LogP contribution in [0.2, 0.25) is 0 Å². The van der Waals surface area contributed by atoms with Gasteiger partial charge in [0.1, 0.15) is 0 Å². The number of amides is 1. The molecule has 0 bridgehead atoms. The molecular weight excluding hydrogens is 264 g/mol. The number of aryl methyl sites for hydroxylation is 2. The van der Waals surface area contributed by atoms with Crippen LogP contribution in [0.5, 0.6) is 0 Å². The highest BCUT2D eigenvalue weighted by Gasteiger charge is 2.10. The van der Waals surface area contributed by atoms with Gasteiger partial charge in [0.25, 0.3) is 5.91 Å². The first-order valence-electron chi connectivity index (χ1n) is 6.67. The lowest BCUT2D eigenvalue weighted by atomic mass is 10.1. The second-order valence-electron chi connectivity index (χ2n) is 4.65. The number of carbonyl (C=O) groups is 1. The van der Waals surface area contributed by atoms with E-state index in [1.807, 2.05) is 38.4 Å². The third-order valence-electron chi connectivity index (χ3n) is 3.05. The van der Waals surface area contributed by atoms with Crippen molar-refractivity contribution < 1.29 is 4.79 Å². The number of nitrogens with zero attached hydrogens (tertiary/aromatic N) is 2. The number of nitrogens with two attached hydrogens (primary N) is 1. The second kappa shape index (κ2) is 6.73. The van der Waals surface area contributed by atoms with Gasteiger partial charge in [-0.1, -0.05) is 24.0 Å². The fourth-order valence-electron chi connectivity index (χ4n) is 2.03. The van der Waals surface area contributed by atoms with Crippen LogP contribution >= 0.6 is 0 Å². The number of rotatable bonds is 3. The van der Waals surface area contributed by atoms with E-state index in [2.05, 4.69) is 22.3 Å². The lowest BCUT2D eigenvalue weighted by Crippen LogP contribution is -2.23. The Morgan fingerprint density at radius 2 is 2.19 bits per heavy atom. The van der Waals surface area contributed by atoms with Crippen molar-refractivity contribution in [3.63, 3.8) is 0 Å². The fraction of sp³-hybridized carbons (Fsp3) is 0.250. The maximum absolute atomic E-state index is 12.3. The monoisotopic (exact) mass is 282 g/mol. The average Bonchev–Trinajstić information content (AvgIpc) is 2.81. The van der Waals surface area contributed by atoms with Gasteiger partial charge in [0, 0.05) is 30.9 Å². The van der Waals surface area contributed by atoms with Gasteiger partial charge in [-0.3, -0.25) is 9.48 Å². The Kier molecular flexibility index (Phi) is 4.75. The molecule has 5 heteroatoms. The number of hydrogen-bond acceptors (Lipinski definition) is 3. The first-order valence-corrected chi connectivity index (χ1v) is 6.67. The molecule has 5 nitrogen and oxygen atoms in total. The summed E-state index contributed by atoms with van der Waals surface area (Å²) in [6.45, 7) is 2.63. The van der Waals surface area contributed by atoms with E-state index < -0.39 is 0 Å². The lowest BCUT2D eigenvalue weighted by Gasteiger charge is -2.06. The molecule has 0 spiro atoms. The molecule has 0 aliphatic rings. The van der Waals surface area contributed by atoms with Gasteiger partial charge in [0.2, 0.25) is 0 Å². The van der Waals surface area contributed by atoms with Crippen molar-refractivity contribution in [3.8, 4) is 11.8 Å². The number of nitrogens with one attached hydrogen (secondary N) is 1. The molecule has 1 aromatic carbocycles. The van der Waals surface area contributed by atoms with Crippen LogP contribution in [-0.2, 0) is 13.6 Å². The molecule has 2 rings (SSSR count). The first-order chi connectivity index (χ1) is 10.1. The minimum atomic E-state index is -0.153. The molecule has 1 amide bonds. The largest absolute Gasteiger partial charge is 0.348 e. The van der Waals surface area contributed by atoms with Crippen molar-refractivity contribution in [2.75, 3.05) is 6.54 Å². The van der Waals surface area contributed by atoms with Crippen LogP contribution in [-0.4, -0.2) is 22.2 Å². The Bertz CT molecular complexity index is 707. The average molecular weight is 282 g/mol. The molecule has 1 heterocycles. The summed E-state index contributed by atoms with van der Waals surface area (Å²) in [5.41, 5.74) is 8.52. The molecule has 3 N–H and O–H groups in total. The van der Waals surface area contributed by atoms with Crippen LogP contribution < -0.4 is 11.1 Å². The summed E-state index contributed by atoms with van der Waals surface area (Å²) >= 11 is 0. The van der Waals surface area contributed by atoms with Crippen LogP contribution in [0, 0.1) is 18.8 Å². The molecule has 0 aliphatic carbocycles. The zero-order valence-corrected chi connectivity index (χ0v) is 12.2. The number of benzene rings is 1. The van der Waals surface area contributed by atoms with Gasteiger partial charge in [0.05, 0.1) is 17.8 Å². The van der Waals surface area contributed by atoms with Crippen LogP contribution in [0.25, 0.3) is 0 Å². The van der Waals surface area contributed by atoms with Crippen LogP contribution in [0.15, 0.2) is 30.5 Å².